The lowest BCUT2D eigenvalue weighted by Gasteiger charge is -2.09. The second-order valence-corrected chi connectivity index (χ2v) is 3.58. The monoisotopic (exact) mass is 196 g/mol. The molecule has 0 heterocycles. The van der Waals surface area contributed by atoms with Crippen molar-refractivity contribution in [1.29, 1.82) is 5.26 Å². The predicted octanol–water partition coefficient (Wildman–Crippen LogP) is 1.82. The van der Waals surface area contributed by atoms with E-state index in [1.165, 1.54) is 25.7 Å². The Morgan fingerprint density at radius 1 is 1.50 bits per heavy atom. The lowest BCUT2D eigenvalue weighted by atomic mass is 10.1. The van der Waals surface area contributed by atoms with Crippen LogP contribution in [0.4, 0.5) is 4.79 Å². The molecular formula is C10H16N2O2. The Balaban J connectivity index is 2.00. The van der Waals surface area contributed by atoms with Gasteiger partial charge in [0.25, 0.3) is 0 Å². The van der Waals surface area contributed by atoms with Crippen molar-refractivity contribution in [3.05, 3.63) is 0 Å². The molecule has 0 aromatic rings. The first kappa shape index (κ1) is 10.8. The van der Waals surface area contributed by atoms with E-state index < -0.39 is 6.09 Å². The zero-order valence-electron chi connectivity index (χ0n) is 8.29. The van der Waals surface area contributed by atoms with Crippen molar-refractivity contribution in [2.24, 2.45) is 5.92 Å². The van der Waals surface area contributed by atoms with Crippen LogP contribution in [0.15, 0.2) is 0 Å². The lowest BCUT2D eigenvalue weighted by Crippen LogP contribution is -2.26. The van der Waals surface area contributed by atoms with Crippen molar-refractivity contribution >= 4 is 6.09 Å². The topological polar surface area (TPSA) is 62.1 Å². The number of nitriles is 1. The van der Waals surface area contributed by atoms with Crippen LogP contribution >= 0.6 is 0 Å². The Bertz CT molecular complexity index is 217. The molecule has 0 unspecified atom stereocenters. The molecule has 0 saturated heterocycles. The number of nitrogens with one attached hydrogen (secondary N) is 1. The van der Waals surface area contributed by atoms with E-state index in [0.29, 0.717) is 25.5 Å². The summed E-state index contributed by atoms with van der Waals surface area (Å²) in [5.41, 5.74) is 0. The molecule has 1 amide bonds. The summed E-state index contributed by atoms with van der Waals surface area (Å²) in [5, 5.41) is 10.8. The molecule has 1 aliphatic carbocycles. The van der Waals surface area contributed by atoms with Gasteiger partial charge in [0.1, 0.15) is 0 Å². The van der Waals surface area contributed by atoms with Gasteiger partial charge in [0.05, 0.1) is 19.1 Å². The third-order valence-electron chi connectivity index (χ3n) is 2.43. The maximum Gasteiger partial charge on any atom is 0.407 e. The average molecular weight is 196 g/mol. The lowest BCUT2D eigenvalue weighted by molar-refractivity contribution is 0.128. The maximum atomic E-state index is 11.0. The number of hydrogen-bond acceptors (Lipinski definition) is 3. The highest BCUT2D eigenvalue weighted by atomic mass is 16.5. The quantitative estimate of drug-likeness (QED) is 0.697. The molecule has 1 N–H and O–H groups in total. The number of carbonyl (C=O) groups excluding carboxylic acids is 1. The summed E-state index contributed by atoms with van der Waals surface area (Å²) in [6.45, 7) is 0.901. The van der Waals surface area contributed by atoms with Crippen molar-refractivity contribution in [3.63, 3.8) is 0 Å². The van der Waals surface area contributed by atoms with Gasteiger partial charge in [0.2, 0.25) is 0 Å². The number of hydrogen-bond donors (Lipinski definition) is 1. The predicted molar refractivity (Wildman–Crippen MR) is 51.5 cm³/mol. The van der Waals surface area contributed by atoms with Gasteiger partial charge in [-0.2, -0.15) is 5.26 Å². The van der Waals surface area contributed by atoms with Crippen molar-refractivity contribution in [3.8, 4) is 6.07 Å². The molecule has 0 radical (unpaired) electrons. The van der Waals surface area contributed by atoms with E-state index in [4.69, 9.17) is 10.00 Å². The molecule has 4 heteroatoms. The summed E-state index contributed by atoms with van der Waals surface area (Å²) in [7, 11) is 0. The molecule has 0 aromatic heterocycles. The summed E-state index contributed by atoms with van der Waals surface area (Å²) >= 11 is 0. The van der Waals surface area contributed by atoms with Gasteiger partial charge in [0.15, 0.2) is 0 Å². The summed E-state index contributed by atoms with van der Waals surface area (Å²) in [6, 6.07) is 1.95. The number of carbonyl (C=O) groups is 1. The van der Waals surface area contributed by atoms with Crippen LogP contribution in [-0.4, -0.2) is 19.2 Å². The Hall–Kier alpha value is -1.24. The SMILES string of the molecule is N#CCCNC(=O)OCC1CCCC1. The van der Waals surface area contributed by atoms with Crippen LogP contribution in [0.3, 0.4) is 0 Å². The summed E-state index contributed by atoms with van der Waals surface area (Å²) in [6.07, 6.45) is 4.79. The fourth-order valence-corrected chi connectivity index (χ4v) is 1.64. The summed E-state index contributed by atoms with van der Waals surface area (Å²) in [4.78, 5) is 11.0. The standard InChI is InChI=1S/C10H16N2O2/c11-6-3-7-12-10(13)14-8-9-4-1-2-5-9/h9H,1-5,7-8H2,(H,12,13). The van der Waals surface area contributed by atoms with Crippen molar-refractivity contribution in [2.45, 2.75) is 32.1 Å². The maximum absolute atomic E-state index is 11.0. The van der Waals surface area contributed by atoms with Gasteiger partial charge in [-0.05, 0) is 18.8 Å². The molecule has 1 rings (SSSR count). The fourth-order valence-electron chi connectivity index (χ4n) is 1.64. The van der Waals surface area contributed by atoms with Crippen LogP contribution in [-0.2, 0) is 4.74 Å². The molecule has 1 fully saturated rings. The van der Waals surface area contributed by atoms with Crippen LogP contribution < -0.4 is 5.32 Å². The molecule has 0 aliphatic heterocycles. The second kappa shape index (κ2) is 6.25. The third-order valence-corrected chi connectivity index (χ3v) is 2.43. The van der Waals surface area contributed by atoms with Crippen LogP contribution in [0.1, 0.15) is 32.1 Å². The molecule has 1 aliphatic rings. The highest BCUT2D eigenvalue weighted by Crippen LogP contribution is 2.24. The van der Waals surface area contributed by atoms with E-state index in [9.17, 15) is 4.79 Å². The molecule has 78 valence electrons. The summed E-state index contributed by atoms with van der Waals surface area (Å²) < 4.78 is 5.01. The molecule has 4 nitrogen and oxygen atoms in total. The minimum absolute atomic E-state index is 0.332. The van der Waals surface area contributed by atoms with Crippen LogP contribution in [0.2, 0.25) is 0 Å². The van der Waals surface area contributed by atoms with Gasteiger partial charge in [-0.3, -0.25) is 0 Å². The second-order valence-electron chi connectivity index (χ2n) is 3.58. The molecule has 0 spiro atoms. The van der Waals surface area contributed by atoms with Gasteiger partial charge in [-0.15, -0.1) is 0 Å². The first-order valence-corrected chi connectivity index (χ1v) is 5.10. The number of nitrogens with zero attached hydrogens (tertiary/aromatic N) is 1. The van der Waals surface area contributed by atoms with Gasteiger partial charge in [-0.25, -0.2) is 4.79 Å². The van der Waals surface area contributed by atoms with E-state index in [-0.39, 0.29) is 0 Å². The Morgan fingerprint density at radius 2 is 2.21 bits per heavy atom. The smallest absolute Gasteiger partial charge is 0.407 e. The van der Waals surface area contributed by atoms with E-state index >= 15 is 0 Å². The first-order valence-electron chi connectivity index (χ1n) is 5.10. The molecule has 0 atom stereocenters. The van der Waals surface area contributed by atoms with Crippen LogP contribution in [0, 0.1) is 17.2 Å². The molecule has 14 heavy (non-hydrogen) atoms. The normalized spacial score (nSPS) is 16.2. The van der Waals surface area contributed by atoms with Crippen LogP contribution in [0.5, 0.6) is 0 Å². The molecule has 0 aromatic carbocycles. The highest BCUT2D eigenvalue weighted by molar-refractivity contribution is 5.67. The van der Waals surface area contributed by atoms with Crippen LogP contribution in [0.25, 0.3) is 0 Å². The van der Waals surface area contributed by atoms with Gasteiger partial charge in [0, 0.05) is 6.54 Å². The first-order chi connectivity index (χ1) is 6.83. The molecular weight excluding hydrogens is 180 g/mol. The van der Waals surface area contributed by atoms with E-state index in [0.717, 1.165) is 0 Å². The van der Waals surface area contributed by atoms with E-state index in [1.54, 1.807) is 0 Å². The number of alkyl carbamates (subject to hydrolysis) is 1. The minimum atomic E-state index is -0.396. The Kier molecular flexibility index (Phi) is 4.84. The van der Waals surface area contributed by atoms with Gasteiger partial charge in [-0.1, -0.05) is 12.8 Å². The number of ether oxygens (including phenoxy) is 1. The van der Waals surface area contributed by atoms with Crippen molar-refractivity contribution in [1.82, 2.24) is 5.32 Å². The summed E-state index contributed by atoms with van der Waals surface area (Å²) in [5.74, 6) is 0.553. The highest BCUT2D eigenvalue weighted by Gasteiger charge is 2.16. The van der Waals surface area contributed by atoms with E-state index in [2.05, 4.69) is 5.32 Å². The Morgan fingerprint density at radius 3 is 2.86 bits per heavy atom. The zero-order valence-corrected chi connectivity index (χ0v) is 8.29. The number of rotatable bonds is 4. The largest absolute Gasteiger partial charge is 0.449 e. The third kappa shape index (κ3) is 4.13. The van der Waals surface area contributed by atoms with Gasteiger partial charge < -0.3 is 10.1 Å². The van der Waals surface area contributed by atoms with E-state index in [1.807, 2.05) is 6.07 Å². The molecule has 1 saturated carbocycles. The average Bonchev–Trinajstić information content (AvgIpc) is 2.68. The Labute approximate surface area is 84.2 Å². The van der Waals surface area contributed by atoms with Crippen molar-refractivity contribution in [2.75, 3.05) is 13.2 Å². The zero-order chi connectivity index (χ0) is 10.2. The van der Waals surface area contributed by atoms with Crippen molar-refractivity contribution < 1.29 is 9.53 Å². The number of amides is 1. The van der Waals surface area contributed by atoms with Gasteiger partial charge >= 0.3 is 6.09 Å². The fraction of sp³-hybridized carbons (Fsp3) is 0.800. The minimum Gasteiger partial charge on any atom is -0.449 e. The molecule has 0 bridgehead atoms.